The van der Waals surface area contributed by atoms with E-state index in [4.69, 9.17) is 0 Å². The lowest BCUT2D eigenvalue weighted by Crippen LogP contribution is -2.18. The Morgan fingerprint density at radius 1 is 1.11 bits per heavy atom. The van der Waals surface area contributed by atoms with E-state index >= 15 is 0 Å². The van der Waals surface area contributed by atoms with E-state index < -0.39 is 0 Å². The van der Waals surface area contributed by atoms with Crippen molar-refractivity contribution in [2.45, 2.75) is 26.3 Å². The number of anilines is 1. The Labute approximate surface area is 123 Å². The van der Waals surface area contributed by atoms with Gasteiger partial charge in [-0.05, 0) is 66.1 Å². The minimum Gasteiger partial charge on any atom is -0.382 e. The zero-order chi connectivity index (χ0) is 13.0. The van der Waals surface area contributed by atoms with Gasteiger partial charge in [0, 0.05) is 15.3 Å². The molecule has 94 valence electrons. The van der Waals surface area contributed by atoms with E-state index in [1.807, 2.05) is 0 Å². The van der Waals surface area contributed by atoms with Crippen LogP contribution in [0, 0.1) is 10.5 Å². The highest BCUT2D eigenvalue weighted by Crippen LogP contribution is 2.19. The first-order chi connectivity index (χ1) is 8.65. The average molecular weight is 351 g/mol. The molecule has 2 rings (SSSR count). The fraction of sp³-hybridized carbons (Fsp3) is 0.250. The molecule has 0 saturated heterocycles. The maximum Gasteiger partial charge on any atom is 0.0382 e. The molecule has 0 saturated carbocycles. The molecule has 0 spiro atoms. The predicted molar refractivity (Wildman–Crippen MR) is 87.1 cm³/mol. The molecule has 1 atom stereocenters. The van der Waals surface area contributed by atoms with Gasteiger partial charge in [0.15, 0.2) is 0 Å². The van der Waals surface area contributed by atoms with Crippen LogP contribution in [0.1, 0.15) is 18.1 Å². The van der Waals surface area contributed by atoms with Crippen LogP contribution in [0.5, 0.6) is 0 Å². The SMILES string of the molecule is Cc1ccc(I)cc1NC(C)Cc1ccccc1. The van der Waals surface area contributed by atoms with Crippen molar-refractivity contribution >= 4 is 28.3 Å². The molecule has 2 heteroatoms. The molecule has 0 heterocycles. The summed E-state index contributed by atoms with van der Waals surface area (Å²) < 4.78 is 1.27. The first-order valence-electron chi connectivity index (χ1n) is 6.22. The number of benzene rings is 2. The summed E-state index contributed by atoms with van der Waals surface area (Å²) in [6.45, 7) is 4.37. The van der Waals surface area contributed by atoms with Crippen LogP contribution in [0.2, 0.25) is 0 Å². The molecule has 18 heavy (non-hydrogen) atoms. The minimum absolute atomic E-state index is 0.435. The molecule has 0 amide bonds. The van der Waals surface area contributed by atoms with Crippen LogP contribution in [0.15, 0.2) is 48.5 Å². The number of hydrogen-bond acceptors (Lipinski definition) is 1. The van der Waals surface area contributed by atoms with Crippen molar-refractivity contribution in [1.82, 2.24) is 0 Å². The monoisotopic (exact) mass is 351 g/mol. The molecule has 1 unspecified atom stereocenters. The highest BCUT2D eigenvalue weighted by Gasteiger charge is 2.05. The Bertz CT molecular complexity index is 508. The van der Waals surface area contributed by atoms with Gasteiger partial charge in [-0.15, -0.1) is 0 Å². The maximum absolute atomic E-state index is 3.59. The van der Waals surface area contributed by atoms with Gasteiger partial charge in [-0.2, -0.15) is 0 Å². The van der Waals surface area contributed by atoms with E-state index in [1.165, 1.54) is 20.4 Å². The molecule has 2 aromatic carbocycles. The van der Waals surface area contributed by atoms with Gasteiger partial charge in [0.25, 0.3) is 0 Å². The second-order valence-corrected chi connectivity index (χ2v) is 5.94. The van der Waals surface area contributed by atoms with Crippen LogP contribution >= 0.6 is 22.6 Å². The van der Waals surface area contributed by atoms with Crippen molar-refractivity contribution in [3.05, 3.63) is 63.2 Å². The highest BCUT2D eigenvalue weighted by molar-refractivity contribution is 14.1. The lowest BCUT2D eigenvalue weighted by molar-refractivity contribution is 0.789. The van der Waals surface area contributed by atoms with Gasteiger partial charge in [0.05, 0.1) is 0 Å². The smallest absolute Gasteiger partial charge is 0.0382 e. The summed E-state index contributed by atoms with van der Waals surface area (Å²) in [4.78, 5) is 0. The predicted octanol–water partition coefficient (Wildman–Crippen LogP) is 4.64. The van der Waals surface area contributed by atoms with Crippen molar-refractivity contribution in [1.29, 1.82) is 0 Å². The second kappa shape index (κ2) is 6.23. The van der Waals surface area contributed by atoms with E-state index in [1.54, 1.807) is 0 Å². The first kappa shape index (κ1) is 13.4. The van der Waals surface area contributed by atoms with E-state index in [2.05, 4.69) is 90.3 Å². The summed E-state index contributed by atoms with van der Waals surface area (Å²) in [6.07, 6.45) is 1.05. The standard InChI is InChI=1S/C16H18IN/c1-12-8-9-15(17)11-16(12)18-13(2)10-14-6-4-3-5-7-14/h3-9,11,13,18H,10H2,1-2H3. The number of rotatable bonds is 4. The Kier molecular flexibility index (Phi) is 4.64. The van der Waals surface area contributed by atoms with Crippen molar-refractivity contribution in [3.63, 3.8) is 0 Å². The lowest BCUT2D eigenvalue weighted by Gasteiger charge is -2.17. The van der Waals surface area contributed by atoms with E-state index in [-0.39, 0.29) is 0 Å². The van der Waals surface area contributed by atoms with Gasteiger partial charge >= 0.3 is 0 Å². The third-order valence-corrected chi connectivity index (χ3v) is 3.66. The van der Waals surface area contributed by atoms with Gasteiger partial charge in [-0.3, -0.25) is 0 Å². The third kappa shape index (κ3) is 3.73. The molecule has 0 aliphatic carbocycles. The normalized spacial score (nSPS) is 12.2. The number of aryl methyl sites for hydroxylation is 1. The first-order valence-corrected chi connectivity index (χ1v) is 7.29. The third-order valence-electron chi connectivity index (χ3n) is 2.99. The quantitative estimate of drug-likeness (QED) is 0.791. The maximum atomic E-state index is 3.59. The van der Waals surface area contributed by atoms with Crippen molar-refractivity contribution in [3.8, 4) is 0 Å². The van der Waals surface area contributed by atoms with Crippen LogP contribution in [-0.4, -0.2) is 6.04 Å². The molecule has 1 nitrogen and oxygen atoms in total. The largest absolute Gasteiger partial charge is 0.382 e. The lowest BCUT2D eigenvalue weighted by atomic mass is 10.1. The molecule has 1 N–H and O–H groups in total. The number of halogens is 1. The average Bonchev–Trinajstić information content (AvgIpc) is 2.35. The summed E-state index contributed by atoms with van der Waals surface area (Å²) >= 11 is 2.35. The Hall–Kier alpha value is -1.03. The summed E-state index contributed by atoms with van der Waals surface area (Å²) in [6, 6.07) is 17.6. The Morgan fingerprint density at radius 2 is 1.83 bits per heavy atom. The summed E-state index contributed by atoms with van der Waals surface area (Å²) in [7, 11) is 0. The highest BCUT2D eigenvalue weighted by atomic mass is 127. The fourth-order valence-electron chi connectivity index (χ4n) is 2.03. The van der Waals surface area contributed by atoms with Crippen LogP contribution < -0.4 is 5.32 Å². The number of hydrogen-bond donors (Lipinski definition) is 1. The topological polar surface area (TPSA) is 12.0 Å². The zero-order valence-corrected chi connectivity index (χ0v) is 12.9. The van der Waals surface area contributed by atoms with E-state index in [9.17, 15) is 0 Å². The number of nitrogens with one attached hydrogen (secondary N) is 1. The van der Waals surface area contributed by atoms with Gasteiger partial charge in [0.1, 0.15) is 0 Å². The van der Waals surface area contributed by atoms with Gasteiger partial charge in [-0.1, -0.05) is 36.4 Å². The molecule has 2 aromatic rings. The summed E-state index contributed by atoms with van der Waals surface area (Å²) in [5.41, 5.74) is 3.92. The van der Waals surface area contributed by atoms with Crippen LogP contribution in [-0.2, 0) is 6.42 Å². The molecule has 0 aliphatic heterocycles. The van der Waals surface area contributed by atoms with Crippen LogP contribution in [0.4, 0.5) is 5.69 Å². The van der Waals surface area contributed by atoms with Crippen LogP contribution in [0.25, 0.3) is 0 Å². The Balaban J connectivity index is 2.03. The van der Waals surface area contributed by atoms with Crippen LogP contribution in [0.3, 0.4) is 0 Å². The van der Waals surface area contributed by atoms with Gasteiger partial charge < -0.3 is 5.32 Å². The zero-order valence-electron chi connectivity index (χ0n) is 10.8. The molecular formula is C16H18IN. The molecular weight excluding hydrogens is 333 g/mol. The van der Waals surface area contributed by atoms with Gasteiger partial charge in [-0.25, -0.2) is 0 Å². The van der Waals surface area contributed by atoms with Crippen molar-refractivity contribution in [2.75, 3.05) is 5.32 Å². The molecule has 0 fully saturated rings. The molecule has 0 aliphatic rings. The minimum atomic E-state index is 0.435. The van der Waals surface area contributed by atoms with Crippen molar-refractivity contribution in [2.24, 2.45) is 0 Å². The molecule has 0 aromatic heterocycles. The van der Waals surface area contributed by atoms with E-state index in [0.29, 0.717) is 6.04 Å². The summed E-state index contributed by atoms with van der Waals surface area (Å²) in [5.74, 6) is 0. The van der Waals surface area contributed by atoms with Crippen molar-refractivity contribution < 1.29 is 0 Å². The summed E-state index contributed by atoms with van der Waals surface area (Å²) in [5, 5.41) is 3.59. The van der Waals surface area contributed by atoms with Gasteiger partial charge in [0.2, 0.25) is 0 Å². The van der Waals surface area contributed by atoms with E-state index in [0.717, 1.165) is 6.42 Å². The molecule has 0 radical (unpaired) electrons. The Morgan fingerprint density at radius 3 is 2.56 bits per heavy atom. The second-order valence-electron chi connectivity index (χ2n) is 4.69. The fourth-order valence-corrected chi connectivity index (χ4v) is 2.53. The molecule has 0 bridgehead atoms.